The molecule has 0 unspecified atom stereocenters. The first-order valence-electron chi connectivity index (χ1n) is 8.29. The third-order valence-electron chi connectivity index (χ3n) is 3.45. The minimum atomic E-state index is -0.00503. The number of carbonyl (C=O) groups excluding carboxylic acids is 1. The van der Waals surface area contributed by atoms with Crippen molar-refractivity contribution >= 4 is 5.91 Å². The van der Waals surface area contributed by atoms with Gasteiger partial charge in [-0.3, -0.25) is 4.79 Å². The molecule has 1 aromatic rings. The van der Waals surface area contributed by atoms with Gasteiger partial charge in [-0.1, -0.05) is 46.0 Å². The van der Waals surface area contributed by atoms with Crippen molar-refractivity contribution in [3.8, 4) is 5.75 Å². The molecular formula is C18H29NO2. The van der Waals surface area contributed by atoms with Gasteiger partial charge in [-0.05, 0) is 37.1 Å². The van der Waals surface area contributed by atoms with E-state index in [0.29, 0.717) is 5.56 Å². The molecule has 1 N–H and O–H groups in total. The Morgan fingerprint density at radius 3 is 2.29 bits per heavy atom. The van der Waals surface area contributed by atoms with Gasteiger partial charge in [0.1, 0.15) is 5.75 Å². The highest BCUT2D eigenvalue weighted by atomic mass is 16.5. The second kappa shape index (κ2) is 11.2. The molecule has 0 fully saturated rings. The number of unbranched alkanes of at least 4 members (excludes halogenated alkanes) is 5. The Kier molecular flexibility index (Phi) is 9.34. The molecule has 1 rings (SSSR count). The van der Waals surface area contributed by atoms with Crippen LogP contribution in [0, 0.1) is 0 Å². The lowest BCUT2D eigenvalue weighted by Crippen LogP contribution is -2.24. The molecule has 0 aliphatic rings. The SMILES string of the molecule is CCCCCCCOc1ccc(C(=O)NCCCC)cc1. The number of hydrogen-bond acceptors (Lipinski definition) is 2. The van der Waals surface area contributed by atoms with Crippen molar-refractivity contribution < 1.29 is 9.53 Å². The predicted molar refractivity (Wildman–Crippen MR) is 87.9 cm³/mol. The maximum absolute atomic E-state index is 11.8. The minimum Gasteiger partial charge on any atom is -0.494 e. The average Bonchev–Trinajstić information content (AvgIpc) is 2.51. The molecule has 0 atom stereocenters. The fourth-order valence-corrected chi connectivity index (χ4v) is 2.08. The van der Waals surface area contributed by atoms with Crippen molar-refractivity contribution in [1.29, 1.82) is 0 Å². The Balaban J connectivity index is 2.25. The zero-order valence-corrected chi connectivity index (χ0v) is 13.5. The van der Waals surface area contributed by atoms with Crippen molar-refractivity contribution in [3.05, 3.63) is 29.8 Å². The van der Waals surface area contributed by atoms with E-state index < -0.39 is 0 Å². The Labute approximate surface area is 129 Å². The normalized spacial score (nSPS) is 10.4. The molecular weight excluding hydrogens is 262 g/mol. The van der Waals surface area contributed by atoms with Crippen molar-refractivity contribution in [2.45, 2.75) is 58.8 Å². The molecule has 0 heterocycles. The minimum absolute atomic E-state index is 0.00503. The number of amides is 1. The summed E-state index contributed by atoms with van der Waals surface area (Å²) in [5.41, 5.74) is 0.696. The Morgan fingerprint density at radius 2 is 1.62 bits per heavy atom. The van der Waals surface area contributed by atoms with Gasteiger partial charge in [-0.25, -0.2) is 0 Å². The van der Waals surface area contributed by atoms with Crippen LogP contribution in [0.2, 0.25) is 0 Å². The average molecular weight is 291 g/mol. The fourth-order valence-electron chi connectivity index (χ4n) is 2.08. The Bertz CT molecular complexity index is 387. The van der Waals surface area contributed by atoms with Crippen LogP contribution in [0.5, 0.6) is 5.75 Å². The second-order valence-electron chi connectivity index (χ2n) is 5.40. The summed E-state index contributed by atoms with van der Waals surface area (Å²) in [5, 5.41) is 2.91. The van der Waals surface area contributed by atoms with Crippen molar-refractivity contribution in [3.63, 3.8) is 0 Å². The Morgan fingerprint density at radius 1 is 0.952 bits per heavy atom. The summed E-state index contributed by atoms with van der Waals surface area (Å²) >= 11 is 0. The highest BCUT2D eigenvalue weighted by Gasteiger charge is 2.04. The van der Waals surface area contributed by atoms with E-state index in [1.54, 1.807) is 0 Å². The number of benzene rings is 1. The molecule has 0 saturated heterocycles. The van der Waals surface area contributed by atoms with Gasteiger partial charge in [-0.2, -0.15) is 0 Å². The van der Waals surface area contributed by atoms with Gasteiger partial charge in [0.2, 0.25) is 0 Å². The van der Waals surface area contributed by atoms with E-state index in [1.165, 1.54) is 25.7 Å². The molecule has 3 heteroatoms. The smallest absolute Gasteiger partial charge is 0.251 e. The molecule has 1 amide bonds. The van der Waals surface area contributed by atoms with Crippen molar-refractivity contribution in [2.75, 3.05) is 13.2 Å². The molecule has 0 aliphatic heterocycles. The van der Waals surface area contributed by atoms with Crippen molar-refractivity contribution in [1.82, 2.24) is 5.32 Å². The highest BCUT2D eigenvalue weighted by Crippen LogP contribution is 2.13. The summed E-state index contributed by atoms with van der Waals surface area (Å²) in [6.07, 6.45) is 8.29. The quantitative estimate of drug-likeness (QED) is 0.607. The lowest BCUT2D eigenvalue weighted by molar-refractivity contribution is 0.0953. The monoisotopic (exact) mass is 291 g/mol. The standard InChI is InChI=1S/C18H29NO2/c1-3-5-7-8-9-15-21-17-12-10-16(11-13-17)18(20)19-14-6-4-2/h10-13H,3-9,14-15H2,1-2H3,(H,19,20). The molecule has 0 aliphatic carbocycles. The topological polar surface area (TPSA) is 38.3 Å². The van der Waals surface area contributed by atoms with E-state index in [0.717, 1.165) is 38.2 Å². The van der Waals surface area contributed by atoms with Crippen LogP contribution in [0.1, 0.15) is 69.2 Å². The van der Waals surface area contributed by atoms with Crippen LogP contribution in [0.25, 0.3) is 0 Å². The molecule has 118 valence electrons. The summed E-state index contributed by atoms with van der Waals surface area (Å²) in [7, 11) is 0. The van der Waals surface area contributed by atoms with Gasteiger partial charge < -0.3 is 10.1 Å². The molecule has 3 nitrogen and oxygen atoms in total. The van der Waals surface area contributed by atoms with Gasteiger partial charge in [0.25, 0.3) is 5.91 Å². The number of rotatable bonds is 11. The first kappa shape index (κ1) is 17.5. The molecule has 0 radical (unpaired) electrons. The number of carbonyl (C=O) groups is 1. The van der Waals surface area contributed by atoms with Crippen LogP contribution in [0.4, 0.5) is 0 Å². The van der Waals surface area contributed by atoms with E-state index in [4.69, 9.17) is 4.74 Å². The first-order valence-corrected chi connectivity index (χ1v) is 8.29. The van der Waals surface area contributed by atoms with E-state index in [9.17, 15) is 4.79 Å². The molecule has 1 aromatic carbocycles. The summed E-state index contributed by atoms with van der Waals surface area (Å²) in [4.78, 5) is 11.8. The molecule has 0 bridgehead atoms. The number of nitrogens with one attached hydrogen (secondary N) is 1. The third kappa shape index (κ3) is 7.74. The second-order valence-corrected chi connectivity index (χ2v) is 5.40. The zero-order chi connectivity index (χ0) is 15.3. The number of hydrogen-bond donors (Lipinski definition) is 1. The van der Waals surface area contributed by atoms with Crippen LogP contribution in [0.3, 0.4) is 0 Å². The lowest BCUT2D eigenvalue weighted by Gasteiger charge is -2.08. The van der Waals surface area contributed by atoms with Crippen LogP contribution < -0.4 is 10.1 Å². The largest absolute Gasteiger partial charge is 0.494 e. The van der Waals surface area contributed by atoms with Crippen LogP contribution >= 0.6 is 0 Å². The van der Waals surface area contributed by atoms with E-state index in [-0.39, 0.29) is 5.91 Å². The maximum atomic E-state index is 11.8. The van der Waals surface area contributed by atoms with Gasteiger partial charge in [0, 0.05) is 12.1 Å². The van der Waals surface area contributed by atoms with E-state index in [2.05, 4.69) is 19.2 Å². The van der Waals surface area contributed by atoms with Crippen LogP contribution in [-0.2, 0) is 0 Å². The summed E-state index contributed by atoms with van der Waals surface area (Å²) in [5.74, 6) is 0.838. The summed E-state index contributed by atoms with van der Waals surface area (Å²) in [6, 6.07) is 7.41. The van der Waals surface area contributed by atoms with E-state index in [1.807, 2.05) is 24.3 Å². The molecule has 21 heavy (non-hydrogen) atoms. The third-order valence-corrected chi connectivity index (χ3v) is 3.45. The summed E-state index contributed by atoms with van der Waals surface area (Å²) < 4.78 is 5.69. The van der Waals surface area contributed by atoms with Gasteiger partial charge >= 0.3 is 0 Å². The highest BCUT2D eigenvalue weighted by molar-refractivity contribution is 5.94. The predicted octanol–water partition coefficient (Wildman–Crippen LogP) is 4.57. The van der Waals surface area contributed by atoms with Crippen LogP contribution in [-0.4, -0.2) is 19.1 Å². The molecule has 0 aromatic heterocycles. The maximum Gasteiger partial charge on any atom is 0.251 e. The fraction of sp³-hybridized carbons (Fsp3) is 0.611. The number of ether oxygens (including phenoxy) is 1. The zero-order valence-electron chi connectivity index (χ0n) is 13.5. The molecule has 0 spiro atoms. The van der Waals surface area contributed by atoms with Gasteiger partial charge in [0.15, 0.2) is 0 Å². The molecule has 0 saturated carbocycles. The lowest BCUT2D eigenvalue weighted by atomic mass is 10.2. The van der Waals surface area contributed by atoms with Crippen LogP contribution in [0.15, 0.2) is 24.3 Å². The van der Waals surface area contributed by atoms with Crippen molar-refractivity contribution in [2.24, 2.45) is 0 Å². The van der Waals surface area contributed by atoms with Gasteiger partial charge in [0.05, 0.1) is 6.61 Å². The summed E-state index contributed by atoms with van der Waals surface area (Å²) in [6.45, 7) is 5.83. The Hall–Kier alpha value is -1.51. The van der Waals surface area contributed by atoms with E-state index >= 15 is 0 Å². The van der Waals surface area contributed by atoms with Gasteiger partial charge in [-0.15, -0.1) is 0 Å². The first-order chi connectivity index (χ1) is 10.3.